The summed E-state index contributed by atoms with van der Waals surface area (Å²) in [6, 6.07) is 0. The molecule has 0 aromatic carbocycles. The summed E-state index contributed by atoms with van der Waals surface area (Å²) in [7, 11) is 0. The Morgan fingerprint density at radius 2 is 1.93 bits per heavy atom. The SMILES string of the molecule is C=C(C=N/C(C)=C\C)/C(C)=C(\C)S(=O)O. The van der Waals surface area contributed by atoms with Gasteiger partial charge in [0.25, 0.3) is 0 Å². The lowest BCUT2D eigenvalue weighted by Crippen LogP contribution is -1.95. The van der Waals surface area contributed by atoms with Crippen molar-refractivity contribution in [1.82, 2.24) is 0 Å². The summed E-state index contributed by atoms with van der Waals surface area (Å²) < 4.78 is 19.7. The summed E-state index contributed by atoms with van der Waals surface area (Å²) in [6.07, 6.45) is 3.47. The maximum atomic E-state index is 10.8. The summed E-state index contributed by atoms with van der Waals surface area (Å²) in [4.78, 5) is 4.53. The molecule has 0 spiro atoms. The van der Waals surface area contributed by atoms with Crippen molar-refractivity contribution in [1.29, 1.82) is 0 Å². The smallest absolute Gasteiger partial charge is 0.182 e. The van der Waals surface area contributed by atoms with E-state index in [2.05, 4.69) is 11.6 Å². The molecule has 0 saturated carbocycles. The minimum absolute atomic E-state index is 0.407. The van der Waals surface area contributed by atoms with E-state index in [0.29, 0.717) is 16.1 Å². The van der Waals surface area contributed by atoms with Gasteiger partial charge in [-0.05, 0) is 38.8 Å². The van der Waals surface area contributed by atoms with Gasteiger partial charge >= 0.3 is 0 Å². The highest BCUT2D eigenvalue weighted by molar-refractivity contribution is 7.83. The molecule has 0 heterocycles. The highest BCUT2D eigenvalue weighted by Crippen LogP contribution is 2.13. The van der Waals surface area contributed by atoms with Crippen LogP contribution in [0.4, 0.5) is 0 Å². The van der Waals surface area contributed by atoms with Gasteiger partial charge < -0.3 is 4.55 Å². The van der Waals surface area contributed by atoms with Crippen LogP contribution in [-0.2, 0) is 11.1 Å². The predicted octanol–water partition coefficient (Wildman–Crippen LogP) is 3.05. The van der Waals surface area contributed by atoms with E-state index >= 15 is 0 Å². The zero-order chi connectivity index (χ0) is 12.0. The van der Waals surface area contributed by atoms with Crippen LogP contribution in [0.15, 0.2) is 39.4 Å². The molecule has 15 heavy (non-hydrogen) atoms. The fraction of sp³-hybridized carbons (Fsp3) is 0.364. The first kappa shape index (κ1) is 14.0. The maximum Gasteiger partial charge on any atom is 0.182 e. The van der Waals surface area contributed by atoms with Gasteiger partial charge in [0.1, 0.15) is 0 Å². The number of aliphatic imine (C=N–C) groups is 1. The highest BCUT2D eigenvalue weighted by atomic mass is 32.2. The fourth-order valence-corrected chi connectivity index (χ4v) is 1.10. The van der Waals surface area contributed by atoms with Crippen molar-refractivity contribution in [3.05, 3.63) is 34.4 Å². The molecule has 84 valence electrons. The molecule has 0 saturated heterocycles. The lowest BCUT2D eigenvalue weighted by atomic mass is 10.1. The van der Waals surface area contributed by atoms with Crippen molar-refractivity contribution < 1.29 is 8.76 Å². The van der Waals surface area contributed by atoms with Crippen molar-refractivity contribution in [3.8, 4) is 0 Å². The van der Waals surface area contributed by atoms with Gasteiger partial charge in [0.15, 0.2) is 11.1 Å². The zero-order valence-corrected chi connectivity index (χ0v) is 10.4. The average molecular weight is 227 g/mol. The molecule has 0 rings (SSSR count). The third kappa shape index (κ3) is 4.85. The first-order chi connectivity index (χ1) is 6.90. The fourth-order valence-electron chi connectivity index (χ4n) is 0.708. The van der Waals surface area contributed by atoms with Gasteiger partial charge in [-0.2, -0.15) is 0 Å². The van der Waals surface area contributed by atoms with Crippen molar-refractivity contribution >= 4 is 17.3 Å². The van der Waals surface area contributed by atoms with E-state index in [1.54, 1.807) is 20.1 Å². The topological polar surface area (TPSA) is 49.7 Å². The van der Waals surface area contributed by atoms with Crippen LogP contribution in [0, 0.1) is 0 Å². The van der Waals surface area contributed by atoms with E-state index in [1.165, 1.54) is 0 Å². The van der Waals surface area contributed by atoms with Crippen molar-refractivity contribution in [2.24, 2.45) is 4.99 Å². The summed E-state index contributed by atoms with van der Waals surface area (Å²) in [5.41, 5.74) is 2.23. The van der Waals surface area contributed by atoms with Crippen molar-refractivity contribution in [3.63, 3.8) is 0 Å². The highest BCUT2D eigenvalue weighted by Gasteiger charge is 2.04. The van der Waals surface area contributed by atoms with E-state index in [0.717, 1.165) is 5.70 Å². The molecule has 0 aliphatic heterocycles. The number of nitrogens with zero attached hydrogens (tertiary/aromatic N) is 1. The molecule has 3 nitrogen and oxygen atoms in total. The molecule has 1 unspecified atom stereocenters. The molecule has 0 aliphatic rings. The van der Waals surface area contributed by atoms with Crippen LogP contribution in [0.3, 0.4) is 0 Å². The number of hydrogen-bond donors (Lipinski definition) is 1. The van der Waals surface area contributed by atoms with Crippen molar-refractivity contribution in [2.75, 3.05) is 0 Å². The quantitative estimate of drug-likeness (QED) is 0.456. The van der Waals surface area contributed by atoms with Crippen LogP contribution in [0.5, 0.6) is 0 Å². The molecule has 0 bridgehead atoms. The zero-order valence-electron chi connectivity index (χ0n) is 9.57. The van der Waals surface area contributed by atoms with Crippen LogP contribution in [0.2, 0.25) is 0 Å². The Balaban J connectivity index is 4.83. The summed E-state index contributed by atoms with van der Waals surface area (Å²) >= 11 is -1.93. The summed E-state index contributed by atoms with van der Waals surface area (Å²) in [6.45, 7) is 10.9. The van der Waals surface area contributed by atoms with Crippen LogP contribution in [0.25, 0.3) is 0 Å². The van der Waals surface area contributed by atoms with Gasteiger partial charge in [-0.25, -0.2) is 4.21 Å². The summed E-state index contributed by atoms with van der Waals surface area (Å²) in [5.74, 6) is 0. The Hall–Kier alpha value is -1.00. The molecule has 0 aromatic rings. The maximum absolute atomic E-state index is 10.8. The first-order valence-electron chi connectivity index (χ1n) is 4.54. The number of hydrogen-bond acceptors (Lipinski definition) is 2. The lowest BCUT2D eigenvalue weighted by Gasteiger charge is -2.03. The van der Waals surface area contributed by atoms with Crippen LogP contribution >= 0.6 is 0 Å². The minimum atomic E-state index is -1.93. The molecule has 0 fully saturated rings. The number of rotatable bonds is 4. The predicted molar refractivity (Wildman–Crippen MR) is 66.2 cm³/mol. The molecule has 0 radical (unpaired) electrons. The third-order valence-corrected chi connectivity index (χ3v) is 2.94. The van der Waals surface area contributed by atoms with Crippen LogP contribution in [-0.4, -0.2) is 15.0 Å². The molecule has 0 aromatic heterocycles. The molecule has 1 N–H and O–H groups in total. The average Bonchev–Trinajstić information content (AvgIpc) is 2.22. The van der Waals surface area contributed by atoms with E-state index in [4.69, 9.17) is 4.55 Å². The lowest BCUT2D eigenvalue weighted by molar-refractivity contribution is 0.571. The van der Waals surface area contributed by atoms with Crippen LogP contribution < -0.4 is 0 Å². The van der Waals surface area contributed by atoms with Gasteiger partial charge in [0.2, 0.25) is 0 Å². The second-order valence-corrected chi connectivity index (χ2v) is 4.25. The summed E-state index contributed by atoms with van der Waals surface area (Å²) in [5, 5.41) is 0. The molecular weight excluding hydrogens is 210 g/mol. The Labute approximate surface area is 93.6 Å². The van der Waals surface area contributed by atoms with Gasteiger partial charge in [0.05, 0.1) is 0 Å². The molecule has 0 aliphatic carbocycles. The molecule has 1 atom stereocenters. The Bertz CT molecular complexity index is 365. The third-order valence-electron chi connectivity index (χ3n) is 2.11. The number of allylic oxidation sites excluding steroid dienone is 5. The molecular formula is C11H17NO2S. The molecule has 4 heteroatoms. The second-order valence-electron chi connectivity index (χ2n) is 3.14. The Morgan fingerprint density at radius 3 is 2.33 bits per heavy atom. The minimum Gasteiger partial charge on any atom is -0.302 e. The molecule has 0 amide bonds. The van der Waals surface area contributed by atoms with E-state index < -0.39 is 11.1 Å². The second kappa shape index (κ2) is 6.48. The van der Waals surface area contributed by atoms with Gasteiger partial charge in [-0.15, -0.1) is 0 Å². The van der Waals surface area contributed by atoms with E-state index in [-0.39, 0.29) is 0 Å². The van der Waals surface area contributed by atoms with Gasteiger partial charge in [-0.1, -0.05) is 12.7 Å². The normalized spacial score (nSPS) is 16.5. The van der Waals surface area contributed by atoms with Gasteiger partial charge in [0, 0.05) is 16.8 Å². The Morgan fingerprint density at radius 1 is 1.40 bits per heavy atom. The standard InChI is InChI=1S/C11H17NO2S/c1-6-9(3)12-7-8(2)10(4)11(5)15(13)14/h6-7H,2H2,1,3-5H3,(H,13,14)/b9-6-,11-10+,12-7?. The van der Waals surface area contributed by atoms with Crippen LogP contribution in [0.1, 0.15) is 27.7 Å². The van der Waals surface area contributed by atoms with Crippen molar-refractivity contribution in [2.45, 2.75) is 27.7 Å². The van der Waals surface area contributed by atoms with E-state index in [1.807, 2.05) is 19.9 Å². The Kier molecular flexibility index (Phi) is 6.05. The monoisotopic (exact) mass is 227 g/mol. The van der Waals surface area contributed by atoms with E-state index in [9.17, 15) is 4.21 Å². The van der Waals surface area contributed by atoms with Gasteiger partial charge in [-0.3, -0.25) is 4.99 Å². The largest absolute Gasteiger partial charge is 0.302 e. The first-order valence-corrected chi connectivity index (χ1v) is 5.65.